The van der Waals surface area contributed by atoms with Crippen LogP contribution in [0.3, 0.4) is 0 Å². The van der Waals surface area contributed by atoms with Gasteiger partial charge in [-0.05, 0) is 24.3 Å². The summed E-state index contributed by atoms with van der Waals surface area (Å²) in [6.45, 7) is -0.443. The van der Waals surface area contributed by atoms with Crippen molar-refractivity contribution >= 4 is 33.2 Å². The van der Waals surface area contributed by atoms with E-state index in [1.54, 1.807) is 24.3 Å². The summed E-state index contributed by atoms with van der Waals surface area (Å²) in [6, 6.07) is 10.8. The van der Waals surface area contributed by atoms with Gasteiger partial charge >= 0.3 is 0 Å². The van der Waals surface area contributed by atoms with Crippen molar-refractivity contribution in [1.82, 2.24) is 4.72 Å². The highest BCUT2D eigenvalue weighted by Crippen LogP contribution is 2.29. The Bertz CT molecular complexity index is 871. The van der Waals surface area contributed by atoms with Crippen LogP contribution < -0.4 is 19.5 Å². The summed E-state index contributed by atoms with van der Waals surface area (Å²) >= 11 is 5.94. The van der Waals surface area contributed by atoms with E-state index in [1.165, 1.54) is 32.4 Å². The maximum absolute atomic E-state index is 12.3. The lowest BCUT2D eigenvalue weighted by atomic mass is 10.3. The molecule has 0 aromatic heterocycles. The molecule has 0 fully saturated rings. The van der Waals surface area contributed by atoms with Crippen molar-refractivity contribution in [2.45, 2.75) is 4.90 Å². The Kier molecular flexibility index (Phi) is 6.24. The molecule has 0 atom stereocenters. The minimum atomic E-state index is -3.89. The summed E-state index contributed by atoms with van der Waals surface area (Å²) in [4.78, 5) is 11.9. The third-order valence-corrected chi connectivity index (χ3v) is 4.96. The lowest BCUT2D eigenvalue weighted by molar-refractivity contribution is -0.115. The van der Waals surface area contributed by atoms with Crippen molar-refractivity contribution in [2.24, 2.45) is 0 Å². The largest absolute Gasteiger partial charge is 0.493 e. The molecule has 0 heterocycles. The molecule has 0 aliphatic carbocycles. The molecule has 0 radical (unpaired) electrons. The summed E-state index contributed by atoms with van der Waals surface area (Å²) in [5, 5.41) is 2.89. The second-order valence-corrected chi connectivity index (χ2v) is 7.04. The van der Waals surface area contributed by atoms with E-state index in [0.29, 0.717) is 16.5 Å². The van der Waals surface area contributed by atoms with Gasteiger partial charge in [0.25, 0.3) is 0 Å². The Morgan fingerprint density at radius 1 is 1.08 bits per heavy atom. The lowest BCUT2D eigenvalue weighted by Gasteiger charge is -2.11. The number of carbonyl (C=O) groups excluding carboxylic acids is 1. The second-order valence-electron chi connectivity index (χ2n) is 4.87. The van der Waals surface area contributed by atoms with E-state index in [1.807, 2.05) is 0 Å². The molecule has 0 saturated carbocycles. The summed E-state index contributed by atoms with van der Waals surface area (Å²) in [5.41, 5.74) is 0.402. The van der Waals surface area contributed by atoms with Crippen LogP contribution in [0.5, 0.6) is 11.5 Å². The van der Waals surface area contributed by atoms with E-state index in [-0.39, 0.29) is 10.6 Å². The maximum Gasteiger partial charge on any atom is 0.241 e. The van der Waals surface area contributed by atoms with E-state index in [9.17, 15) is 13.2 Å². The first kappa shape index (κ1) is 19.0. The molecular weight excluding hydrogens is 368 g/mol. The molecule has 7 nitrogen and oxygen atoms in total. The van der Waals surface area contributed by atoms with Gasteiger partial charge in [0, 0.05) is 6.07 Å². The second kappa shape index (κ2) is 8.19. The Balaban J connectivity index is 2.06. The predicted molar refractivity (Wildman–Crippen MR) is 94.8 cm³/mol. The highest BCUT2D eigenvalue weighted by Gasteiger charge is 2.18. The van der Waals surface area contributed by atoms with Crippen LogP contribution >= 0.6 is 11.6 Å². The number of methoxy groups -OCH3 is 2. The molecule has 0 spiro atoms. The molecule has 2 aromatic carbocycles. The van der Waals surface area contributed by atoms with Crippen molar-refractivity contribution in [2.75, 3.05) is 26.1 Å². The Labute approximate surface area is 151 Å². The lowest BCUT2D eigenvalue weighted by Crippen LogP contribution is -2.33. The summed E-state index contributed by atoms with van der Waals surface area (Å²) in [5.74, 6) is 0.126. The molecule has 134 valence electrons. The number of anilines is 1. The van der Waals surface area contributed by atoms with E-state index in [0.717, 1.165) is 0 Å². The van der Waals surface area contributed by atoms with Gasteiger partial charge < -0.3 is 14.8 Å². The molecule has 0 bridgehead atoms. The molecule has 0 saturated heterocycles. The fraction of sp³-hybridized carbons (Fsp3) is 0.188. The third kappa shape index (κ3) is 4.85. The maximum atomic E-state index is 12.3. The van der Waals surface area contributed by atoms with Crippen LogP contribution in [-0.2, 0) is 14.8 Å². The van der Waals surface area contributed by atoms with E-state index >= 15 is 0 Å². The summed E-state index contributed by atoms with van der Waals surface area (Å²) in [6.07, 6.45) is 0. The van der Waals surface area contributed by atoms with Crippen LogP contribution in [0, 0.1) is 0 Å². The van der Waals surface area contributed by atoms with Gasteiger partial charge in [0.2, 0.25) is 15.9 Å². The first-order valence-corrected chi connectivity index (χ1v) is 8.99. The molecular formula is C16H17ClN2O5S. The molecule has 2 rings (SSSR count). The Morgan fingerprint density at radius 2 is 1.76 bits per heavy atom. The third-order valence-electron chi connectivity index (χ3n) is 3.24. The van der Waals surface area contributed by atoms with Crippen LogP contribution in [0.15, 0.2) is 47.4 Å². The average molecular weight is 385 g/mol. The van der Waals surface area contributed by atoms with Gasteiger partial charge in [0.15, 0.2) is 11.5 Å². The van der Waals surface area contributed by atoms with Crippen molar-refractivity contribution in [3.05, 3.63) is 47.5 Å². The number of sulfonamides is 1. The fourth-order valence-electron chi connectivity index (χ4n) is 1.98. The predicted octanol–water partition coefficient (Wildman–Crippen LogP) is 2.27. The average Bonchev–Trinajstić information content (AvgIpc) is 2.61. The number of benzene rings is 2. The van der Waals surface area contributed by atoms with Gasteiger partial charge in [-0.25, -0.2) is 13.1 Å². The first-order valence-electron chi connectivity index (χ1n) is 7.13. The van der Waals surface area contributed by atoms with Crippen LogP contribution in [0.4, 0.5) is 5.69 Å². The zero-order valence-electron chi connectivity index (χ0n) is 13.6. The summed E-state index contributed by atoms with van der Waals surface area (Å²) in [7, 11) is -1.05. The van der Waals surface area contributed by atoms with Crippen molar-refractivity contribution < 1.29 is 22.7 Å². The number of rotatable bonds is 7. The number of hydrogen-bond acceptors (Lipinski definition) is 5. The van der Waals surface area contributed by atoms with Crippen LogP contribution in [0.2, 0.25) is 5.02 Å². The van der Waals surface area contributed by atoms with Crippen LogP contribution in [0.25, 0.3) is 0 Å². The monoisotopic (exact) mass is 384 g/mol. The highest BCUT2D eigenvalue weighted by atomic mass is 35.5. The summed E-state index contributed by atoms with van der Waals surface area (Å²) < 4.78 is 37.0. The highest BCUT2D eigenvalue weighted by molar-refractivity contribution is 7.89. The number of ether oxygens (including phenoxy) is 2. The number of para-hydroxylation sites is 1. The smallest absolute Gasteiger partial charge is 0.241 e. The fourth-order valence-corrected chi connectivity index (χ4v) is 3.16. The molecule has 1 amide bonds. The standard InChI is InChI=1S/C16H17ClN2O5S/c1-23-14-8-7-11(9-15(14)24-2)25(21,22)18-10-16(20)19-13-6-4-3-5-12(13)17/h3-9,18H,10H2,1-2H3,(H,19,20). The SMILES string of the molecule is COc1ccc(S(=O)(=O)NCC(=O)Nc2ccccc2Cl)cc1OC. The zero-order valence-corrected chi connectivity index (χ0v) is 15.1. The van der Waals surface area contributed by atoms with Crippen molar-refractivity contribution in [3.8, 4) is 11.5 Å². The van der Waals surface area contributed by atoms with E-state index in [4.69, 9.17) is 21.1 Å². The molecule has 0 unspecified atom stereocenters. The zero-order chi connectivity index (χ0) is 18.4. The van der Waals surface area contributed by atoms with Crippen molar-refractivity contribution in [3.63, 3.8) is 0 Å². The van der Waals surface area contributed by atoms with Gasteiger partial charge in [0.05, 0.1) is 36.4 Å². The van der Waals surface area contributed by atoms with Crippen LogP contribution in [0.1, 0.15) is 0 Å². The van der Waals surface area contributed by atoms with E-state index < -0.39 is 22.5 Å². The molecule has 2 aromatic rings. The molecule has 0 aliphatic rings. The topological polar surface area (TPSA) is 93.7 Å². The van der Waals surface area contributed by atoms with Gasteiger partial charge in [-0.1, -0.05) is 23.7 Å². The molecule has 0 aliphatic heterocycles. The quantitative estimate of drug-likeness (QED) is 0.763. The Morgan fingerprint density at radius 3 is 2.40 bits per heavy atom. The number of carbonyl (C=O) groups is 1. The number of halogens is 1. The van der Waals surface area contributed by atoms with Gasteiger partial charge in [0.1, 0.15) is 0 Å². The first-order chi connectivity index (χ1) is 11.9. The molecule has 9 heteroatoms. The minimum Gasteiger partial charge on any atom is -0.493 e. The minimum absolute atomic E-state index is 0.0457. The molecule has 25 heavy (non-hydrogen) atoms. The number of amides is 1. The molecule has 2 N–H and O–H groups in total. The number of hydrogen-bond donors (Lipinski definition) is 2. The number of nitrogens with one attached hydrogen (secondary N) is 2. The van der Waals surface area contributed by atoms with Gasteiger partial charge in [-0.15, -0.1) is 0 Å². The van der Waals surface area contributed by atoms with Crippen molar-refractivity contribution in [1.29, 1.82) is 0 Å². The van der Waals surface area contributed by atoms with E-state index in [2.05, 4.69) is 10.0 Å². The normalized spacial score (nSPS) is 11.0. The van der Waals surface area contributed by atoms with Gasteiger partial charge in [-0.2, -0.15) is 0 Å². The van der Waals surface area contributed by atoms with Gasteiger partial charge in [-0.3, -0.25) is 4.79 Å². The Hall–Kier alpha value is -2.29. The van der Waals surface area contributed by atoms with Crippen LogP contribution in [-0.4, -0.2) is 35.1 Å².